The molecule has 0 spiro atoms. The summed E-state index contributed by atoms with van der Waals surface area (Å²) in [6.07, 6.45) is -0.573. The van der Waals surface area contributed by atoms with Crippen LogP contribution in [0.1, 0.15) is 12.5 Å². The molecule has 23 heavy (non-hydrogen) atoms. The SMILES string of the molecule is Cc1cccc(NC(=O)[C@H](C)Oc2ccc3ccccc3c2)c1. The summed E-state index contributed by atoms with van der Waals surface area (Å²) in [6.45, 7) is 3.74. The van der Waals surface area contributed by atoms with E-state index in [1.165, 1.54) is 0 Å². The van der Waals surface area contributed by atoms with Crippen molar-refractivity contribution in [3.05, 3.63) is 72.3 Å². The van der Waals surface area contributed by atoms with E-state index < -0.39 is 6.10 Å². The molecule has 0 heterocycles. The van der Waals surface area contributed by atoms with Crippen LogP contribution in [0.2, 0.25) is 0 Å². The fraction of sp³-hybridized carbons (Fsp3) is 0.150. The average Bonchev–Trinajstić information content (AvgIpc) is 2.54. The molecule has 3 rings (SSSR count). The van der Waals surface area contributed by atoms with Crippen molar-refractivity contribution in [2.45, 2.75) is 20.0 Å². The van der Waals surface area contributed by atoms with Gasteiger partial charge in [-0.1, -0.05) is 42.5 Å². The predicted molar refractivity (Wildman–Crippen MR) is 93.8 cm³/mol. The number of carbonyl (C=O) groups is 1. The summed E-state index contributed by atoms with van der Waals surface area (Å²) in [5.74, 6) is 0.527. The second-order valence-electron chi connectivity index (χ2n) is 5.63. The fourth-order valence-corrected chi connectivity index (χ4v) is 2.47. The van der Waals surface area contributed by atoms with Gasteiger partial charge in [0.2, 0.25) is 0 Å². The van der Waals surface area contributed by atoms with Crippen molar-refractivity contribution >= 4 is 22.4 Å². The Morgan fingerprint density at radius 2 is 1.74 bits per heavy atom. The van der Waals surface area contributed by atoms with E-state index in [1.54, 1.807) is 6.92 Å². The summed E-state index contributed by atoms with van der Waals surface area (Å²) < 4.78 is 5.77. The Labute approximate surface area is 135 Å². The monoisotopic (exact) mass is 305 g/mol. The molecule has 0 aliphatic rings. The largest absolute Gasteiger partial charge is 0.481 e. The smallest absolute Gasteiger partial charge is 0.265 e. The maximum atomic E-state index is 12.3. The van der Waals surface area contributed by atoms with Gasteiger partial charge in [0.25, 0.3) is 5.91 Å². The minimum atomic E-state index is -0.573. The Morgan fingerprint density at radius 1 is 0.957 bits per heavy atom. The molecule has 0 saturated heterocycles. The van der Waals surface area contributed by atoms with Crippen LogP contribution in [0.4, 0.5) is 5.69 Å². The average molecular weight is 305 g/mol. The number of ether oxygens (including phenoxy) is 1. The van der Waals surface area contributed by atoms with Crippen LogP contribution in [0.3, 0.4) is 0 Å². The molecule has 0 unspecified atom stereocenters. The molecule has 0 fully saturated rings. The van der Waals surface area contributed by atoms with E-state index in [9.17, 15) is 4.79 Å². The fourth-order valence-electron chi connectivity index (χ4n) is 2.47. The number of amides is 1. The van der Waals surface area contributed by atoms with E-state index in [-0.39, 0.29) is 5.91 Å². The molecule has 3 aromatic rings. The molecule has 3 heteroatoms. The first-order chi connectivity index (χ1) is 11.1. The van der Waals surface area contributed by atoms with Crippen molar-refractivity contribution in [3.63, 3.8) is 0 Å². The van der Waals surface area contributed by atoms with Gasteiger partial charge in [0.1, 0.15) is 5.75 Å². The molecule has 1 N–H and O–H groups in total. The lowest BCUT2D eigenvalue weighted by Crippen LogP contribution is -2.30. The third-order valence-corrected chi connectivity index (χ3v) is 3.69. The zero-order valence-corrected chi connectivity index (χ0v) is 13.2. The molecule has 0 radical (unpaired) electrons. The van der Waals surface area contributed by atoms with Crippen molar-refractivity contribution in [3.8, 4) is 5.75 Å². The molecule has 0 bridgehead atoms. The van der Waals surface area contributed by atoms with Crippen LogP contribution in [-0.2, 0) is 4.79 Å². The van der Waals surface area contributed by atoms with Gasteiger partial charge in [0.15, 0.2) is 6.10 Å². The van der Waals surface area contributed by atoms with E-state index in [1.807, 2.05) is 73.7 Å². The minimum Gasteiger partial charge on any atom is -0.481 e. The summed E-state index contributed by atoms with van der Waals surface area (Å²) in [7, 11) is 0. The maximum absolute atomic E-state index is 12.3. The summed E-state index contributed by atoms with van der Waals surface area (Å²) >= 11 is 0. The summed E-state index contributed by atoms with van der Waals surface area (Å²) in [4.78, 5) is 12.3. The van der Waals surface area contributed by atoms with Gasteiger partial charge in [-0.3, -0.25) is 4.79 Å². The van der Waals surface area contributed by atoms with Crippen LogP contribution < -0.4 is 10.1 Å². The van der Waals surface area contributed by atoms with Gasteiger partial charge in [-0.2, -0.15) is 0 Å². The molecule has 0 aromatic heterocycles. The molecule has 1 atom stereocenters. The van der Waals surface area contributed by atoms with E-state index in [2.05, 4.69) is 5.32 Å². The van der Waals surface area contributed by atoms with Crippen LogP contribution in [0.15, 0.2) is 66.7 Å². The minimum absolute atomic E-state index is 0.163. The van der Waals surface area contributed by atoms with Crippen LogP contribution in [-0.4, -0.2) is 12.0 Å². The van der Waals surface area contributed by atoms with E-state index >= 15 is 0 Å². The third kappa shape index (κ3) is 3.69. The molecule has 0 aliphatic heterocycles. The highest BCUT2D eigenvalue weighted by atomic mass is 16.5. The van der Waals surface area contributed by atoms with Gasteiger partial charge >= 0.3 is 0 Å². The number of anilines is 1. The zero-order chi connectivity index (χ0) is 16.2. The topological polar surface area (TPSA) is 38.3 Å². The second kappa shape index (κ2) is 6.53. The van der Waals surface area contributed by atoms with Crippen LogP contribution in [0.5, 0.6) is 5.75 Å². The molecule has 0 saturated carbocycles. The Hall–Kier alpha value is -2.81. The van der Waals surface area contributed by atoms with Gasteiger partial charge in [-0.05, 0) is 54.4 Å². The summed E-state index contributed by atoms with van der Waals surface area (Å²) in [5, 5.41) is 5.12. The first-order valence-corrected chi connectivity index (χ1v) is 7.65. The number of hydrogen-bond acceptors (Lipinski definition) is 2. The number of nitrogens with one attached hydrogen (secondary N) is 1. The second-order valence-corrected chi connectivity index (χ2v) is 5.63. The van der Waals surface area contributed by atoms with Gasteiger partial charge in [-0.25, -0.2) is 0 Å². The molecule has 3 aromatic carbocycles. The van der Waals surface area contributed by atoms with Gasteiger partial charge in [0.05, 0.1) is 0 Å². The number of fused-ring (bicyclic) bond motifs is 1. The molecular formula is C20H19NO2. The normalized spacial score (nSPS) is 11.9. The van der Waals surface area contributed by atoms with Gasteiger partial charge < -0.3 is 10.1 Å². The highest BCUT2D eigenvalue weighted by molar-refractivity contribution is 5.94. The Kier molecular flexibility index (Phi) is 4.29. The first kappa shape index (κ1) is 15.1. The number of aryl methyl sites for hydroxylation is 1. The standard InChI is InChI=1S/C20H19NO2/c1-14-6-5-9-18(12-14)21-20(22)15(2)23-19-11-10-16-7-3-4-8-17(16)13-19/h3-13,15H,1-2H3,(H,21,22)/t15-/m0/s1. The molecule has 0 aliphatic carbocycles. The number of benzene rings is 3. The first-order valence-electron chi connectivity index (χ1n) is 7.65. The quantitative estimate of drug-likeness (QED) is 0.767. The van der Waals surface area contributed by atoms with Crippen molar-refractivity contribution in [2.75, 3.05) is 5.32 Å². The molecule has 116 valence electrons. The van der Waals surface area contributed by atoms with Gasteiger partial charge in [-0.15, -0.1) is 0 Å². The van der Waals surface area contributed by atoms with Crippen LogP contribution >= 0.6 is 0 Å². The number of rotatable bonds is 4. The Balaban J connectivity index is 1.69. The highest BCUT2D eigenvalue weighted by Crippen LogP contribution is 2.21. The van der Waals surface area contributed by atoms with E-state index in [0.717, 1.165) is 22.0 Å². The lowest BCUT2D eigenvalue weighted by atomic mass is 10.1. The van der Waals surface area contributed by atoms with Crippen LogP contribution in [0, 0.1) is 6.92 Å². The highest BCUT2D eigenvalue weighted by Gasteiger charge is 2.15. The summed E-state index contributed by atoms with van der Waals surface area (Å²) in [6, 6.07) is 21.6. The molecule has 3 nitrogen and oxygen atoms in total. The van der Waals surface area contributed by atoms with Crippen molar-refractivity contribution < 1.29 is 9.53 Å². The lowest BCUT2D eigenvalue weighted by Gasteiger charge is -2.15. The molecular weight excluding hydrogens is 286 g/mol. The zero-order valence-electron chi connectivity index (χ0n) is 13.2. The number of hydrogen-bond donors (Lipinski definition) is 1. The van der Waals surface area contributed by atoms with Crippen molar-refractivity contribution in [2.24, 2.45) is 0 Å². The van der Waals surface area contributed by atoms with Gasteiger partial charge in [0, 0.05) is 5.69 Å². The maximum Gasteiger partial charge on any atom is 0.265 e. The van der Waals surface area contributed by atoms with Crippen LogP contribution in [0.25, 0.3) is 10.8 Å². The Bertz CT molecular complexity index is 842. The number of carbonyl (C=O) groups excluding carboxylic acids is 1. The Morgan fingerprint density at radius 3 is 2.52 bits per heavy atom. The molecule has 1 amide bonds. The van der Waals surface area contributed by atoms with E-state index in [4.69, 9.17) is 4.74 Å². The van der Waals surface area contributed by atoms with E-state index in [0.29, 0.717) is 5.75 Å². The summed E-state index contributed by atoms with van der Waals surface area (Å²) in [5.41, 5.74) is 1.88. The lowest BCUT2D eigenvalue weighted by molar-refractivity contribution is -0.122. The van der Waals surface area contributed by atoms with Crippen molar-refractivity contribution in [1.29, 1.82) is 0 Å². The predicted octanol–water partition coefficient (Wildman–Crippen LogP) is 4.55. The van der Waals surface area contributed by atoms with Crippen molar-refractivity contribution in [1.82, 2.24) is 0 Å². The third-order valence-electron chi connectivity index (χ3n) is 3.69.